The lowest BCUT2D eigenvalue weighted by molar-refractivity contribution is 0.0691. The molecule has 0 unspecified atom stereocenters. The second-order valence-corrected chi connectivity index (χ2v) is 3.03. The summed E-state index contributed by atoms with van der Waals surface area (Å²) in [6.07, 6.45) is 2.84. The van der Waals surface area contributed by atoms with Gasteiger partial charge >= 0.3 is 5.97 Å². The quantitative estimate of drug-likeness (QED) is 0.765. The molecule has 2 heterocycles. The van der Waals surface area contributed by atoms with Crippen molar-refractivity contribution >= 4 is 11.8 Å². The van der Waals surface area contributed by atoms with E-state index in [4.69, 9.17) is 15.3 Å². The number of oxazole rings is 1. The number of aryl methyl sites for hydroxylation is 1. The van der Waals surface area contributed by atoms with Crippen LogP contribution in [-0.4, -0.2) is 26.0 Å². The van der Waals surface area contributed by atoms with Crippen molar-refractivity contribution in [2.75, 3.05) is 5.73 Å². The number of nitrogen functional groups attached to an aromatic ring is 1. The molecule has 0 atom stereocenters. The number of hydrogen-bond donors (Lipinski definition) is 2. The van der Waals surface area contributed by atoms with E-state index in [1.54, 1.807) is 6.92 Å². The van der Waals surface area contributed by atoms with Gasteiger partial charge in [0.2, 0.25) is 5.89 Å². The molecule has 0 saturated heterocycles. The fourth-order valence-corrected chi connectivity index (χ4v) is 1.23. The van der Waals surface area contributed by atoms with Crippen LogP contribution in [0.4, 0.5) is 5.82 Å². The highest BCUT2D eigenvalue weighted by Crippen LogP contribution is 2.20. The van der Waals surface area contributed by atoms with Crippen LogP contribution < -0.4 is 5.73 Å². The Hall–Kier alpha value is -2.44. The van der Waals surface area contributed by atoms with Crippen LogP contribution in [0.3, 0.4) is 0 Å². The van der Waals surface area contributed by atoms with Crippen molar-refractivity contribution in [2.24, 2.45) is 0 Å². The molecule has 0 aromatic carbocycles. The Balaban J connectivity index is 2.59. The van der Waals surface area contributed by atoms with E-state index >= 15 is 0 Å². The molecular formula is C9H8N4O3. The fourth-order valence-electron chi connectivity index (χ4n) is 1.23. The fraction of sp³-hybridized carbons (Fsp3) is 0.111. The van der Waals surface area contributed by atoms with Gasteiger partial charge in [-0.1, -0.05) is 0 Å². The standard InChI is InChI=1S/C9H8N4O3/c1-4-5(8-11-2-3-16-8)13-7(10)6(12-4)9(14)15/h2-3H,1H3,(H2,10,13)(H,14,15). The van der Waals surface area contributed by atoms with Crippen molar-refractivity contribution in [3.8, 4) is 11.6 Å². The van der Waals surface area contributed by atoms with E-state index < -0.39 is 5.97 Å². The Bertz CT molecular complexity index is 536. The minimum Gasteiger partial charge on any atom is -0.476 e. The van der Waals surface area contributed by atoms with Crippen molar-refractivity contribution in [2.45, 2.75) is 6.92 Å². The number of nitrogens with two attached hydrogens (primary N) is 1. The smallest absolute Gasteiger partial charge is 0.358 e. The summed E-state index contributed by atoms with van der Waals surface area (Å²) in [7, 11) is 0. The Morgan fingerprint density at radius 1 is 1.50 bits per heavy atom. The van der Waals surface area contributed by atoms with Crippen molar-refractivity contribution in [3.63, 3.8) is 0 Å². The molecule has 7 nitrogen and oxygen atoms in total. The largest absolute Gasteiger partial charge is 0.476 e. The first kappa shape index (κ1) is 10.1. The third-order valence-corrected chi connectivity index (χ3v) is 1.93. The predicted octanol–water partition coefficient (Wildman–Crippen LogP) is 0.720. The molecule has 82 valence electrons. The van der Waals surface area contributed by atoms with Crippen molar-refractivity contribution in [1.29, 1.82) is 0 Å². The molecular weight excluding hydrogens is 212 g/mol. The lowest BCUT2D eigenvalue weighted by Gasteiger charge is -2.04. The molecule has 2 aromatic rings. The third kappa shape index (κ3) is 1.58. The van der Waals surface area contributed by atoms with Crippen LogP contribution in [0.1, 0.15) is 16.2 Å². The molecule has 0 spiro atoms. The molecule has 0 aliphatic rings. The minimum atomic E-state index is -1.22. The number of carbonyl (C=O) groups is 1. The van der Waals surface area contributed by atoms with E-state index in [-0.39, 0.29) is 17.4 Å². The summed E-state index contributed by atoms with van der Waals surface area (Å²) in [5.74, 6) is -1.12. The molecule has 0 saturated carbocycles. The molecule has 16 heavy (non-hydrogen) atoms. The SMILES string of the molecule is Cc1nc(C(=O)O)c(N)nc1-c1ncco1. The van der Waals surface area contributed by atoms with Gasteiger partial charge in [-0.2, -0.15) is 0 Å². The predicted molar refractivity (Wildman–Crippen MR) is 53.6 cm³/mol. The second kappa shape index (κ2) is 3.61. The first-order valence-corrected chi connectivity index (χ1v) is 4.37. The number of carboxylic acid groups (broad SMARTS) is 1. The van der Waals surface area contributed by atoms with Crippen LogP contribution in [0.2, 0.25) is 0 Å². The lowest BCUT2D eigenvalue weighted by Crippen LogP contribution is -2.10. The lowest BCUT2D eigenvalue weighted by atomic mass is 10.3. The average molecular weight is 220 g/mol. The number of hydrogen-bond acceptors (Lipinski definition) is 6. The van der Waals surface area contributed by atoms with Gasteiger partial charge in [-0.05, 0) is 6.92 Å². The van der Waals surface area contributed by atoms with Crippen LogP contribution in [0.25, 0.3) is 11.6 Å². The monoisotopic (exact) mass is 220 g/mol. The Labute approximate surface area is 90.0 Å². The second-order valence-electron chi connectivity index (χ2n) is 3.03. The zero-order valence-electron chi connectivity index (χ0n) is 8.34. The number of aromatic nitrogens is 3. The van der Waals surface area contributed by atoms with E-state index in [9.17, 15) is 4.79 Å². The third-order valence-electron chi connectivity index (χ3n) is 1.93. The Morgan fingerprint density at radius 2 is 2.25 bits per heavy atom. The molecule has 0 fully saturated rings. The highest BCUT2D eigenvalue weighted by atomic mass is 16.4. The average Bonchev–Trinajstić information content (AvgIpc) is 2.73. The van der Waals surface area contributed by atoms with Crippen LogP contribution in [0.15, 0.2) is 16.9 Å². The maximum absolute atomic E-state index is 10.8. The van der Waals surface area contributed by atoms with Crippen LogP contribution in [-0.2, 0) is 0 Å². The molecule has 7 heteroatoms. The van der Waals surface area contributed by atoms with Gasteiger partial charge in [-0.15, -0.1) is 0 Å². The van der Waals surface area contributed by atoms with Gasteiger partial charge < -0.3 is 15.3 Å². The number of anilines is 1. The topological polar surface area (TPSA) is 115 Å². The van der Waals surface area contributed by atoms with Crippen molar-refractivity contribution < 1.29 is 14.3 Å². The van der Waals surface area contributed by atoms with E-state index in [0.29, 0.717) is 11.4 Å². The van der Waals surface area contributed by atoms with Crippen molar-refractivity contribution in [1.82, 2.24) is 15.0 Å². The maximum Gasteiger partial charge on any atom is 0.358 e. The van der Waals surface area contributed by atoms with Gasteiger partial charge in [0.05, 0.1) is 11.9 Å². The van der Waals surface area contributed by atoms with E-state index in [0.717, 1.165) is 0 Å². The van der Waals surface area contributed by atoms with Crippen LogP contribution in [0, 0.1) is 6.92 Å². The summed E-state index contributed by atoms with van der Waals surface area (Å²) in [5.41, 5.74) is 5.94. The highest BCUT2D eigenvalue weighted by molar-refractivity contribution is 5.90. The molecule has 2 rings (SSSR count). The molecule has 0 radical (unpaired) electrons. The highest BCUT2D eigenvalue weighted by Gasteiger charge is 2.17. The molecule has 0 amide bonds. The maximum atomic E-state index is 10.8. The van der Waals surface area contributed by atoms with Gasteiger partial charge in [-0.3, -0.25) is 0 Å². The summed E-state index contributed by atoms with van der Waals surface area (Å²) >= 11 is 0. The number of rotatable bonds is 2. The number of carboxylic acids is 1. The summed E-state index contributed by atoms with van der Waals surface area (Å²) in [4.78, 5) is 22.4. The zero-order chi connectivity index (χ0) is 11.7. The number of nitrogens with zero attached hydrogens (tertiary/aromatic N) is 3. The summed E-state index contributed by atoms with van der Waals surface area (Å²) in [6.45, 7) is 1.61. The van der Waals surface area contributed by atoms with E-state index in [1.165, 1.54) is 12.5 Å². The van der Waals surface area contributed by atoms with Crippen molar-refractivity contribution in [3.05, 3.63) is 23.8 Å². The van der Waals surface area contributed by atoms with E-state index in [2.05, 4.69) is 15.0 Å². The van der Waals surface area contributed by atoms with Gasteiger partial charge in [0.1, 0.15) is 12.0 Å². The molecule has 0 aliphatic carbocycles. The molecule has 3 N–H and O–H groups in total. The van der Waals surface area contributed by atoms with Crippen LogP contribution in [0.5, 0.6) is 0 Å². The summed E-state index contributed by atoms with van der Waals surface area (Å²) < 4.78 is 5.04. The summed E-state index contributed by atoms with van der Waals surface area (Å²) in [5, 5.41) is 8.79. The summed E-state index contributed by atoms with van der Waals surface area (Å²) in [6, 6.07) is 0. The molecule has 2 aromatic heterocycles. The van der Waals surface area contributed by atoms with Gasteiger partial charge in [0, 0.05) is 0 Å². The van der Waals surface area contributed by atoms with Gasteiger partial charge in [-0.25, -0.2) is 19.7 Å². The zero-order valence-corrected chi connectivity index (χ0v) is 8.34. The molecule has 0 bridgehead atoms. The Morgan fingerprint density at radius 3 is 2.81 bits per heavy atom. The molecule has 0 aliphatic heterocycles. The first-order valence-electron chi connectivity index (χ1n) is 4.37. The van der Waals surface area contributed by atoms with Crippen LogP contribution >= 0.6 is 0 Å². The Kier molecular flexibility index (Phi) is 2.28. The van der Waals surface area contributed by atoms with Gasteiger partial charge in [0.25, 0.3) is 0 Å². The van der Waals surface area contributed by atoms with E-state index in [1.807, 2.05) is 0 Å². The first-order chi connectivity index (χ1) is 7.59. The normalized spacial score (nSPS) is 10.3. The number of aromatic carboxylic acids is 1. The van der Waals surface area contributed by atoms with Gasteiger partial charge in [0.15, 0.2) is 11.5 Å². The minimum absolute atomic E-state index is 0.161.